The highest BCUT2D eigenvalue weighted by atomic mass is 16.5. The molecule has 0 aromatic heterocycles. The number of anilines is 1. The molecule has 1 aromatic carbocycles. The topological polar surface area (TPSA) is 80.0 Å². The number of hydrogen-bond acceptors (Lipinski definition) is 6. The van der Waals surface area contributed by atoms with Gasteiger partial charge >= 0.3 is 5.97 Å². The Labute approximate surface area is 118 Å². The molecule has 0 amide bonds. The number of nitrogen functional groups attached to an aromatic ring is 1. The number of methoxy groups -OCH3 is 2. The number of rotatable bonds is 9. The lowest BCUT2D eigenvalue weighted by Crippen LogP contribution is -2.12. The first kappa shape index (κ1) is 16.3. The molecule has 112 valence electrons. The van der Waals surface area contributed by atoms with Crippen molar-refractivity contribution in [2.24, 2.45) is 0 Å². The quantitative estimate of drug-likeness (QED) is 0.420. The fourth-order valence-corrected chi connectivity index (χ4v) is 1.61. The molecule has 0 heterocycles. The molecule has 6 heteroatoms. The highest BCUT2D eigenvalue weighted by Gasteiger charge is 2.16. The third-order valence-corrected chi connectivity index (χ3v) is 2.57. The number of carbonyl (C=O) groups excluding carboxylic acids is 1. The van der Waals surface area contributed by atoms with E-state index in [1.807, 2.05) is 0 Å². The van der Waals surface area contributed by atoms with Crippen LogP contribution in [0.4, 0.5) is 5.69 Å². The molecule has 1 aromatic rings. The summed E-state index contributed by atoms with van der Waals surface area (Å²) in [7, 11) is 2.95. The molecule has 0 aliphatic rings. The average molecular weight is 283 g/mol. The molecule has 0 spiro atoms. The number of ether oxygens (including phenoxy) is 4. The minimum atomic E-state index is -0.515. The van der Waals surface area contributed by atoms with Crippen LogP contribution in [-0.2, 0) is 14.2 Å². The number of benzene rings is 1. The minimum absolute atomic E-state index is 0.245. The SMILES string of the molecule is COCCCOCCOc1cccc(N)c1C(=O)OC. The standard InChI is InChI=1S/C14H21NO5/c1-17-7-4-8-19-9-10-20-12-6-3-5-11(15)13(12)14(16)18-2/h3,5-6H,4,7-10,15H2,1-2H3. The Morgan fingerprint density at radius 2 is 1.95 bits per heavy atom. The molecular formula is C14H21NO5. The lowest BCUT2D eigenvalue weighted by atomic mass is 10.1. The van der Waals surface area contributed by atoms with Gasteiger partial charge in [0.2, 0.25) is 0 Å². The summed E-state index contributed by atoms with van der Waals surface area (Å²) in [4.78, 5) is 11.6. The first-order valence-electron chi connectivity index (χ1n) is 6.37. The summed E-state index contributed by atoms with van der Waals surface area (Å²) in [6.07, 6.45) is 0.836. The van der Waals surface area contributed by atoms with Crippen molar-refractivity contribution in [3.63, 3.8) is 0 Å². The van der Waals surface area contributed by atoms with Gasteiger partial charge in [-0.05, 0) is 18.6 Å². The Kier molecular flexibility index (Phi) is 7.46. The van der Waals surface area contributed by atoms with Gasteiger partial charge in [0, 0.05) is 26.0 Å². The van der Waals surface area contributed by atoms with Crippen molar-refractivity contribution >= 4 is 11.7 Å². The highest BCUT2D eigenvalue weighted by molar-refractivity contribution is 5.98. The largest absolute Gasteiger partial charge is 0.490 e. The summed E-state index contributed by atoms with van der Waals surface area (Å²) in [6.45, 7) is 2.04. The Morgan fingerprint density at radius 3 is 2.65 bits per heavy atom. The van der Waals surface area contributed by atoms with Gasteiger partial charge in [-0.3, -0.25) is 0 Å². The Balaban J connectivity index is 2.44. The second-order valence-corrected chi connectivity index (χ2v) is 4.02. The monoisotopic (exact) mass is 283 g/mol. The van der Waals surface area contributed by atoms with Crippen molar-refractivity contribution < 1.29 is 23.7 Å². The normalized spacial score (nSPS) is 10.3. The van der Waals surface area contributed by atoms with Gasteiger partial charge in [0.25, 0.3) is 0 Å². The number of carbonyl (C=O) groups is 1. The number of esters is 1. The number of nitrogens with two attached hydrogens (primary N) is 1. The zero-order chi connectivity index (χ0) is 14.8. The molecular weight excluding hydrogens is 262 g/mol. The average Bonchev–Trinajstić information content (AvgIpc) is 2.45. The van der Waals surface area contributed by atoms with Crippen molar-refractivity contribution in [3.8, 4) is 5.75 Å². The van der Waals surface area contributed by atoms with Crippen LogP contribution in [0, 0.1) is 0 Å². The maximum absolute atomic E-state index is 11.6. The van der Waals surface area contributed by atoms with Crippen LogP contribution in [0.5, 0.6) is 5.75 Å². The maximum Gasteiger partial charge on any atom is 0.343 e. The van der Waals surface area contributed by atoms with E-state index < -0.39 is 5.97 Å². The van der Waals surface area contributed by atoms with Crippen LogP contribution >= 0.6 is 0 Å². The van der Waals surface area contributed by atoms with E-state index in [1.165, 1.54) is 7.11 Å². The first-order chi connectivity index (χ1) is 9.70. The van der Waals surface area contributed by atoms with E-state index in [0.717, 1.165) is 6.42 Å². The zero-order valence-corrected chi connectivity index (χ0v) is 11.9. The molecule has 0 fully saturated rings. The molecule has 0 unspecified atom stereocenters. The summed E-state index contributed by atoms with van der Waals surface area (Å²) >= 11 is 0. The van der Waals surface area contributed by atoms with Gasteiger partial charge < -0.3 is 24.7 Å². The van der Waals surface area contributed by atoms with E-state index in [-0.39, 0.29) is 5.56 Å². The summed E-state index contributed by atoms with van der Waals surface area (Å²) in [5, 5.41) is 0. The van der Waals surface area contributed by atoms with E-state index in [0.29, 0.717) is 37.9 Å². The van der Waals surface area contributed by atoms with E-state index in [1.54, 1.807) is 25.3 Å². The van der Waals surface area contributed by atoms with E-state index in [4.69, 9.17) is 19.9 Å². The van der Waals surface area contributed by atoms with Crippen molar-refractivity contribution in [3.05, 3.63) is 23.8 Å². The molecule has 0 radical (unpaired) electrons. The second kappa shape index (κ2) is 9.17. The van der Waals surface area contributed by atoms with Crippen molar-refractivity contribution in [2.75, 3.05) is 46.4 Å². The van der Waals surface area contributed by atoms with Gasteiger partial charge in [-0.25, -0.2) is 4.79 Å². The second-order valence-electron chi connectivity index (χ2n) is 4.02. The zero-order valence-electron chi connectivity index (χ0n) is 11.9. The predicted molar refractivity (Wildman–Crippen MR) is 75.0 cm³/mol. The lowest BCUT2D eigenvalue weighted by Gasteiger charge is -2.12. The summed E-state index contributed by atoms with van der Waals surface area (Å²) in [5.41, 5.74) is 6.33. The third-order valence-electron chi connectivity index (χ3n) is 2.57. The van der Waals surface area contributed by atoms with Crippen LogP contribution in [0.3, 0.4) is 0 Å². The van der Waals surface area contributed by atoms with E-state index >= 15 is 0 Å². The van der Waals surface area contributed by atoms with Gasteiger partial charge in [-0.2, -0.15) is 0 Å². The minimum Gasteiger partial charge on any atom is -0.490 e. The fraction of sp³-hybridized carbons (Fsp3) is 0.500. The van der Waals surface area contributed by atoms with Crippen LogP contribution in [0.1, 0.15) is 16.8 Å². The van der Waals surface area contributed by atoms with Gasteiger partial charge in [-0.15, -0.1) is 0 Å². The van der Waals surface area contributed by atoms with Crippen molar-refractivity contribution in [2.45, 2.75) is 6.42 Å². The number of hydrogen-bond donors (Lipinski definition) is 1. The Hall–Kier alpha value is -1.79. The molecule has 0 saturated carbocycles. The molecule has 0 saturated heterocycles. The van der Waals surface area contributed by atoms with Gasteiger partial charge in [0.1, 0.15) is 17.9 Å². The Morgan fingerprint density at radius 1 is 1.15 bits per heavy atom. The van der Waals surface area contributed by atoms with Gasteiger partial charge in [0.15, 0.2) is 0 Å². The van der Waals surface area contributed by atoms with Crippen LogP contribution < -0.4 is 10.5 Å². The summed E-state index contributed by atoms with van der Waals surface area (Å²) < 4.78 is 20.5. The summed E-state index contributed by atoms with van der Waals surface area (Å²) in [5.74, 6) is -0.114. The van der Waals surface area contributed by atoms with Gasteiger partial charge in [-0.1, -0.05) is 6.07 Å². The molecule has 0 bridgehead atoms. The maximum atomic E-state index is 11.6. The smallest absolute Gasteiger partial charge is 0.343 e. The molecule has 20 heavy (non-hydrogen) atoms. The Bertz CT molecular complexity index is 422. The molecule has 1 rings (SSSR count). The molecule has 2 N–H and O–H groups in total. The van der Waals surface area contributed by atoms with E-state index in [2.05, 4.69) is 4.74 Å². The van der Waals surface area contributed by atoms with Crippen LogP contribution in [0.15, 0.2) is 18.2 Å². The van der Waals surface area contributed by atoms with Crippen LogP contribution in [0.25, 0.3) is 0 Å². The fourth-order valence-electron chi connectivity index (χ4n) is 1.61. The molecule has 0 atom stereocenters. The molecule has 6 nitrogen and oxygen atoms in total. The van der Waals surface area contributed by atoms with Gasteiger partial charge in [0.05, 0.1) is 13.7 Å². The molecule has 0 aliphatic carbocycles. The summed E-state index contributed by atoms with van der Waals surface area (Å²) in [6, 6.07) is 5.02. The highest BCUT2D eigenvalue weighted by Crippen LogP contribution is 2.25. The van der Waals surface area contributed by atoms with Crippen LogP contribution in [0.2, 0.25) is 0 Å². The van der Waals surface area contributed by atoms with Crippen molar-refractivity contribution in [1.82, 2.24) is 0 Å². The lowest BCUT2D eigenvalue weighted by molar-refractivity contribution is 0.0588. The van der Waals surface area contributed by atoms with E-state index in [9.17, 15) is 4.79 Å². The third kappa shape index (κ3) is 5.07. The first-order valence-corrected chi connectivity index (χ1v) is 6.37. The van der Waals surface area contributed by atoms with Crippen LogP contribution in [-0.4, -0.2) is 46.6 Å². The predicted octanol–water partition coefficient (Wildman–Crippen LogP) is 1.49. The van der Waals surface area contributed by atoms with Crippen molar-refractivity contribution in [1.29, 1.82) is 0 Å². The molecule has 0 aliphatic heterocycles.